The summed E-state index contributed by atoms with van der Waals surface area (Å²) >= 11 is 6.37. The second-order valence-electron chi connectivity index (χ2n) is 11.3. The first-order valence-electron chi connectivity index (χ1n) is 12.2. The molecule has 0 aliphatic carbocycles. The Kier molecular flexibility index (Phi) is 8.77. The van der Waals surface area contributed by atoms with E-state index in [1.165, 1.54) is 19.1 Å². The van der Waals surface area contributed by atoms with Gasteiger partial charge in [0.25, 0.3) is 0 Å². The summed E-state index contributed by atoms with van der Waals surface area (Å²) in [7, 11) is 4.43. The molecule has 2 N–H and O–H groups in total. The number of ether oxygens (including phenoxy) is 3. The molecule has 0 radical (unpaired) electrons. The Morgan fingerprint density at radius 2 is 1.79 bits per heavy atom. The van der Waals surface area contributed by atoms with E-state index in [2.05, 4.69) is 10.8 Å². The lowest BCUT2D eigenvalue weighted by molar-refractivity contribution is -0.326. The maximum atomic E-state index is 13.9. The minimum Gasteiger partial charge on any atom is -0.496 e. The van der Waals surface area contributed by atoms with Gasteiger partial charge >= 0.3 is 6.09 Å². The molecule has 0 saturated carbocycles. The van der Waals surface area contributed by atoms with Gasteiger partial charge in [-0.05, 0) is 38.3 Å². The number of nitrogens with one attached hydrogen (secondary N) is 2. The molecular formula is C26H38ClN3O8. The van der Waals surface area contributed by atoms with Gasteiger partial charge < -0.3 is 24.4 Å². The van der Waals surface area contributed by atoms with Crippen LogP contribution in [0.5, 0.6) is 11.5 Å². The van der Waals surface area contributed by atoms with Crippen LogP contribution in [0.1, 0.15) is 53.5 Å². The molecule has 3 atom stereocenters. The molecular weight excluding hydrogens is 518 g/mol. The van der Waals surface area contributed by atoms with Gasteiger partial charge in [-0.2, -0.15) is 0 Å². The molecule has 1 aromatic carbocycles. The van der Waals surface area contributed by atoms with Gasteiger partial charge in [-0.25, -0.2) is 14.6 Å². The fraction of sp³-hybridized carbons (Fsp3) is 0.615. The number of carbonyl (C=O) groups is 2. The summed E-state index contributed by atoms with van der Waals surface area (Å²) in [6.07, 6.45) is 0.656. The van der Waals surface area contributed by atoms with Crippen molar-refractivity contribution >= 4 is 29.3 Å². The van der Waals surface area contributed by atoms with Crippen molar-refractivity contribution in [2.45, 2.75) is 71.4 Å². The monoisotopic (exact) mass is 555 g/mol. The smallest absolute Gasteiger partial charge is 0.408 e. The minimum atomic E-state index is -0.944. The standard InChI is InChI=1S/C26H38ClN3O8/c1-24(2,3)21(28-23(32)36-25(4,5)6)22(31)30-14-26(13-20(30)37-35-9)12-17(29-38-26)15-10-16(27)19(34-8)11-18(15)33-7/h10-12,20-21,29H,13-14H2,1-9H3,(H,28,32)/t20-,21-,26-/m1/s1. The first-order valence-corrected chi connectivity index (χ1v) is 12.6. The highest BCUT2D eigenvalue weighted by atomic mass is 35.5. The van der Waals surface area contributed by atoms with Gasteiger partial charge in [0.2, 0.25) is 5.91 Å². The van der Waals surface area contributed by atoms with E-state index < -0.39 is 35.0 Å². The van der Waals surface area contributed by atoms with Crippen molar-refractivity contribution in [3.8, 4) is 11.5 Å². The zero-order valence-corrected chi connectivity index (χ0v) is 24.1. The normalized spacial score (nSPS) is 22.1. The third-order valence-corrected chi connectivity index (χ3v) is 6.40. The third-order valence-electron chi connectivity index (χ3n) is 6.11. The molecule has 11 nitrogen and oxygen atoms in total. The summed E-state index contributed by atoms with van der Waals surface area (Å²) in [6.45, 7) is 11.0. The Morgan fingerprint density at radius 1 is 1.13 bits per heavy atom. The summed E-state index contributed by atoms with van der Waals surface area (Å²) in [5.41, 5.74) is 1.91. The Bertz CT molecular complexity index is 1080. The predicted molar refractivity (Wildman–Crippen MR) is 140 cm³/mol. The number of hydrogen-bond donors (Lipinski definition) is 2. The zero-order valence-electron chi connectivity index (χ0n) is 23.4. The van der Waals surface area contributed by atoms with Crippen molar-refractivity contribution in [1.29, 1.82) is 0 Å². The van der Waals surface area contributed by atoms with E-state index >= 15 is 0 Å². The SMILES string of the molecule is COO[C@@H]1C[C@]2(C=C(c3cc(Cl)c(OC)cc3OC)NO2)CN1C(=O)[C@@H](NC(=O)OC(C)(C)C)C(C)(C)C. The maximum Gasteiger partial charge on any atom is 0.408 e. The lowest BCUT2D eigenvalue weighted by Crippen LogP contribution is -2.57. The van der Waals surface area contributed by atoms with Gasteiger partial charge in [-0.15, -0.1) is 0 Å². The summed E-state index contributed by atoms with van der Waals surface area (Å²) in [5.74, 6) is 0.631. The maximum absolute atomic E-state index is 13.9. The molecule has 2 aliphatic rings. The van der Waals surface area contributed by atoms with Crippen LogP contribution in [0.2, 0.25) is 5.02 Å². The average Bonchev–Trinajstić information content (AvgIpc) is 3.38. The molecule has 0 aromatic heterocycles. The number of rotatable bonds is 7. The highest BCUT2D eigenvalue weighted by Gasteiger charge is 2.52. The number of amides is 2. The van der Waals surface area contributed by atoms with Crippen LogP contribution in [0.3, 0.4) is 0 Å². The number of alkyl carbamates (subject to hydrolysis) is 1. The van der Waals surface area contributed by atoms with Crippen molar-refractivity contribution in [3.05, 3.63) is 28.8 Å². The van der Waals surface area contributed by atoms with Gasteiger partial charge in [-0.3, -0.25) is 15.1 Å². The van der Waals surface area contributed by atoms with Gasteiger partial charge in [-0.1, -0.05) is 32.4 Å². The van der Waals surface area contributed by atoms with Crippen LogP contribution in [0, 0.1) is 5.41 Å². The number of likely N-dealkylation sites (tertiary alicyclic amines) is 1. The molecule has 1 spiro atoms. The molecule has 12 heteroatoms. The van der Waals surface area contributed by atoms with E-state index in [4.69, 9.17) is 40.4 Å². The number of benzene rings is 1. The lowest BCUT2D eigenvalue weighted by Gasteiger charge is -2.35. The summed E-state index contributed by atoms with van der Waals surface area (Å²) < 4.78 is 16.2. The van der Waals surface area contributed by atoms with E-state index in [1.807, 2.05) is 26.8 Å². The van der Waals surface area contributed by atoms with Crippen LogP contribution in [0.15, 0.2) is 18.2 Å². The fourth-order valence-corrected chi connectivity index (χ4v) is 4.62. The minimum absolute atomic E-state index is 0.130. The van der Waals surface area contributed by atoms with Crippen LogP contribution < -0.4 is 20.3 Å². The Balaban J connectivity index is 1.91. The van der Waals surface area contributed by atoms with E-state index in [1.54, 1.807) is 40.0 Å². The van der Waals surface area contributed by atoms with Crippen molar-refractivity contribution < 1.29 is 38.4 Å². The molecule has 38 heavy (non-hydrogen) atoms. The first kappa shape index (κ1) is 29.8. The number of nitrogens with zero attached hydrogens (tertiary/aromatic N) is 1. The van der Waals surface area contributed by atoms with Crippen LogP contribution in [-0.2, 0) is 24.1 Å². The quantitative estimate of drug-likeness (QED) is 0.379. The second-order valence-corrected chi connectivity index (χ2v) is 11.8. The van der Waals surface area contributed by atoms with Gasteiger partial charge in [0, 0.05) is 18.1 Å². The van der Waals surface area contributed by atoms with E-state index in [0.29, 0.717) is 27.8 Å². The zero-order chi connectivity index (χ0) is 28.5. The molecule has 2 aliphatic heterocycles. The molecule has 1 aromatic rings. The summed E-state index contributed by atoms with van der Waals surface area (Å²) in [5, 5.41) is 3.13. The molecule has 0 bridgehead atoms. The molecule has 212 valence electrons. The number of halogens is 1. The Labute approximate surface area is 228 Å². The molecule has 1 saturated heterocycles. The van der Waals surface area contributed by atoms with Crippen LogP contribution in [-0.4, -0.2) is 68.2 Å². The number of methoxy groups -OCH3 is 2. The molecule has 2 heterocycles. The van der Waals surface area contributed by atoms with Crippen molar-refractivity contribution in [2.24, 2.45) is 5.41 Å². The Hall–Kier alpha value is -2.73. The fourth-order valence-electron chi connectivity index (χ4n) is 4.38. The number of hydrogen-bond acceptors (Lipinski definition) is 9. The first-order chi connectivity index (χ1) is 17.6. The van der Waals surface area contributed by atoms with Gasteiger partial charge in [0.1, 0.15) is 28.7 Å². The lowest BCUT2D eigenvalue weighted by atomic mass is 9.86. The van der Waals surface area contributed by atoms with Crippen molar-refractivity contribution in [2.75, 3.05) is 27.9 Å². The van der Waals surface area contributed by atoms with Crippen LogP contribution in [0.4, 0.5) is 4.79 Å². The van der Waals surface area contributed by atoms with Gasteiger partial charge in [0.05, 0.1) is 38.6 Å². The molecule has 2 amide bonds. The number of hydroxylamine groups is 1. The predicted octanol–water partition coefficient (Wildman–Crippen LogP) is 4.05. The van der Waals surface area contributed by atoms with E-state index in [-0.39, 0.29) is 18.9 Å². The van der Waals surface area contributed by atoms with Crippen LogP contribution >= 0.6 is 11.6 Å². The largest absolute Gasteiger partial charge is 0.496 e. The number of carbonyl (C=O) groups excluding carboxylic acids is 2. The topological polar surface area (TPSA) is 117 Å². The third kappa shape index (κ3) is 6.63. The molecule has 3 rings (SSSR count). The van der Waals surface area contributed by atoms with Crippen LogP contribution in [0.25, 0.3) is 5.70 Å². The van der Waals surface area contributed by atoms with Crippen molar-refractivity contribution in [1.82, 2.24) is 15.7 Å². The van der Waals surface area contributed by atoms with E-state index in [9.17, 15) is 9.59 Å². The Morgan fingerprint density at radius 3 is 2.34 bits per heavy atom. The second kappa shape index (κ2) is 11.2. The summed E-state index contributed by atoms with van der Waals surface area (Å²) in [6, 6.07) is 2.48. The van der Waals surface area contributed by atoms with Crippen molar-refractivity contribution in [3.63, 3.8) is 0 Å². The van der Waals surface area contributed by atoms with E-state index in [0.717, 1.165) is 0 Å². The average molecular weight is 556 g/mol. The highest BCUT2D eigenvalue weighted by Crippen LogP contribution is 2.42. The molecule has 0 unspecified atom stereocenters. The highest BCUT2D eigenvalue weighted by molar-refractivity contribution is 6.32. The molecule has 1 fully saturated rings. The summed E-state index contributed by atoms with van der Waals surface area (Å²) in [4.78, 5) is 44.4. The van der Waals surface area contributed by atoms with Gasteiger partial charge in [0.15, 0.2) is 6.23 Å².